The Labute approximate surface area is 259 Å². The van der Waals surface area contributed by atoms with E-state index in [0.29, 0.717) is 45.9 Å². The predicted molar refractivity (Wildman–Crippen MR) is 175 cm³/mol. The lowest BCUT2D eigenvalue weighted by Gasteiger charge is -2.22. The number of nitrogens with one attached hydrogen (secondary N) is 1. The summed E-state index contributed by atoms with van der Waals surface area (Å²) < 4.78 is 13.9. The minimum atomic E-state index is -0.286. The second-order valence-electron chi connectivity index (χ2n) is 10.7. The first-order valence-corrected chi connectivity index (χ1v) is 15.2. The SMILES string of the molecule is C=CCc1cc(C=Nn2c(C3CCCCC3)nc3ccc(Br)cc3c2=O)cc(OC)c1OCC(=O)Nc1ccc(C)cc1. The summed E-state index contributed by atoms with van der Waals surface area (Å²) in [7, 11) is 1.55. The Kier molecular flexibility index (Phi) is 9.72. The maximum Gasteiger partial charge on any atom is 0.282 e. The maximum atomic E-state index is 13.7. The number of ether oxygens (including phenoxy) is 2. The summed E-state index contributed by atoms with van der Waals surface area (Å²) >= 11 is 3.47. The highest BCUT2D eigenvalue weighted by Gasteiger charge is 2.23. The van der Waals surface area contributed by atoms with Gasteiger partial charge in [-0.05, 0) is 74.2 Å². The highest BCUT2D eigenvalue weighted by molar-refractivity contribution is 9.10. The van der Waals surface area contributed by atoms with Crippen molar-refractivity contribution in [3.05, 3.63) is 105 Å². The summed E-state index contributed by atoms with van der Waals surface area (Å²) in [4.78, 5) is 31.2. The van der Waals surface area contributed by atoms with E-state index in [4.69, 9.17) is 14.5 Å². The van der Waals surface area contributed by atoms with Gasteiger partial charge in [0.05, 0.1) is 24.2 Å². The number of halogens is 1. The summed E-state index contributed by atoms with van der Waals surface area (Å²) in [6.45, 7) is 5.67. The minimum absolute atomic E-state index is 0.166. The molecule has 0 radical (unpaired) electrons. The molecular formula is C34H35BrN4O4. The van der Waals surface area contributed by atoms with E-state index < -0.39 is 0 Å². The second kappa shape index (κ2) is 13.8. The average Bonchev–Trinajstić information content (AvgIpc) is 3.01. The number of rotatable bonds is 10. The number of nitrogens with zero attached hydrogens (tertiary/aromatic N) is 3. The maximum absolute atomic E-state index is 13.7. The van der Waals surface area contributed by atoms with Crippen LogP contribution < -0.4 is 20.3 Å². The topological polar surface area (TPSA) is 94.8 Å². The number of carbonyl (C=O) groups is 1. The van der Waals surface area contributed by atoms with E-state index in [9.17, 15) is 9.59 Å². The van der Waals surface area contributed by atoms with Gasteiger partial charge in [-0.15, -0.1) is 6.58 Å². The monoisotopic (exact) mass is 642 g/mol. The van der Waals surface area contributed by atoms with Gasteiger partial charge in [-0.1, -0.05) is 59.0 Å². The Hall–Kier alpha value is -4.24. The second-order valence-corrected chi connectivity index (χ2v) is 11.7. The van der Waals surface area contributed by atoms with E-state index in [1.54, 1.807) is 31.5 Å². The Bertz CT molecular complexity index is 1720. The van der Waals surface area contributed by atoms with Crippen LogP contribution in [0.1, 0.15) is 60.5 Å². The molecule has 1 N–H and O–H groups in total. The van der Waals surface area contributed by atoms with Gasteiger partial charge >= 0.3 is 0 Å². The predicted octanol–water partition coefficient (Wildman–Crippen LogP) is 7.15. The smallest absolute Gasteiger partial charge is 0.282 e. The highest BCUT2D eigenvalue weighted by Crippen LogP contribution is 2.34. The zero-order valence-electron chi connectivity index (χ0n) is 24.4. The van der Waals surface area contributed by atoms with Crippen molar-refractivity contribution < 1.29 is 14.3 Å². The van der Waals surface area contributed by atoms with E-state index in [2.05, 4.69) is 32.9 Å². The molecule has 0 aliphatic heterocycles. The first kappa shape index (κ1) is 30.2. The van der Waals surface area contributed by atoms with E-state index in [0.717, 1.165) is 41.3 Å². The Morgan fingerprint density at radius 1 is 1.14 bits per heavy atom. The summed E-state index contributed by atoms with van der Waals surface area (Å²) in [5.74, 6) is 1.47. The van der Waals surface area contributed by atoms with Crippen molar-refractivity contribution in [3.63, 3.8) is 0 Å². The average molecular weight is 644 g/mol. The van der Waals surface area contributed by atoms with Crippen LogP contribution in [0.5, 0.6) is 11.5 Å². The van der Waals surface area contributed by atoms with Crippen molar-refractivity contribution in [1.82, 2.24) is 9.66 Å². The number of carbonyl (C=O) groups excluding carboxylic acids is 1. The van der Waals surface area contributed by atoms with Gasteiger partial charge in [0.15, 0.2) is 18.1 Å². The number of benzene rings is 3. The molecule has 8 nitrogen and oxygen atoms in total. The number of allylic oxidation sites excluding steroid dienone is 1. The van der Waals surface area contributed by atoms with Crippen molar-refractivity contribution in [3.8, 4) is 11.5 Å². The van der Waals surface area contributed by atoms with Gasteiger partial charge in [0.2, 0.25) is 0 Å². The molecule has 1 aromatic heterocycles. The van der Waals surface area contributed by atoms with Gasteiger partial charge < -0.3 is 14.8 Å². The largest absolute Gasteiger partial charge is 0.493 e. The van der Waals surface area contributed by atoms with Gasteiger partial charge in [-0.25, -0.2) is 4.98 Å². The Morgan fingerprint density at radius 3 is 2.63 bits per heavy atom. The van der Waals surface area contributed by atoms with Gasteiger partial charge in [0.25, 0.3) is 11.5 Å². The lowest BCUT2D eigenvalue weighted by molar-refractivity contribution is -0.118. The van der Waals surface area contributed by atoms with Crippen LogP contribution in [0.3, 0.4) is 0 Å². The molecule has 1 aliphatic carbocycles. The number of fused-ring (bicyclic) bond motifs is 1. The molecule has 43 heavy (non-hydrogen) atoms. The fourth-order valence-corrected chi connectivity index (χ4v) is 5.74. The fourth-order valence-electron chi connectivity index (χ4n) is 5.38. The van der Waals surface area contributed by atoms with Crippen LogP contribution in [-0.4, -0.2) is 35.5 Å². The molecule has 1 saturated carbocycles. The molecule has 1 amide bonds. The van der Waals surface area contributed by atoms with Gasteiger partial charge in [-0.2, -0.15) is 9.78 Å². The summed E-state index contributed by atoms with van der Waals surface area (Å²) in [6, 6.07) is 16.8. The molecular weight excluding hydrogens is 608 g/mol. The van der Waals surface area contributed by atoms with Crippen molar-refractivity contribution in [2.75, 3.05) is 19.0 Å². The number of hydrogen-bond acceptors (Lipinski definition) is 6. The van der Waals surface area contributed by atoms with Crippen LogP contribution in [0, 0.1) is 6.92 Å². The van der Waals surface area contributed by atoms with Crippen LogP contribution in [0.4, 0.5) is 5.69 Å². The van der Waals surface area contributed by atoms with E-state index >= 15 is 0 Å². The van der Waals surface area contributed by atoms with Crippen LogP contribution in [-0.2, 0) is 11.2 Å². The molecule has 0 saturated heterocycles. The molecule has 3 aromatic carbocycles. The van der Waals surface area contributed by atoms with E-state index in [1.165, 1.54) is 11.1 Å². The normalized spacial score (nSPS) is 13.7. The molecule has 222 valence electrons. The lowest BCUT2D eigenvalue weighted by Crippen LogP contribution is -2.25. The first-order valence-electron chi connectivity index (χ1n) is 14.4. The number of anilines is 1. The van der Waals surface area contributed by atoms with Crippen LogP contribution >= 0.6 is 15.9 Å². The number of aromatic nitrogens is 2. The minimum Gasteiger partial charge on any atom is -0.493 e. The summed E-state index contributed by atoms with van der Waals surface area (Å²) in [5.41, 5.74) is 3.75. The third-order valence-corrected chi connectivity index (χ3v) is 8.04. The first-order chi connectivity index (χ1) is 20.9. The quantitative estimate of drug-likeness (QED) is 0.146. The fraction of sp³-hybridized carbons (Fsp3) is 0.294. The molecule has 5 rings (SSSR count). The molecule has 4 aromatic rings. The van der Waals surface area contributed by atoms with Gasteiger partial charge in [-0.3, -0.25) is 9.59 Å². The molecule has 0 atom stereocenters. The van der Waals surface area contributed by atoms with Crippen molar-refractivity contribution in [1.29, 1.82) is 0 Å². The van der Waals surface area contributed by atoms with Gasteiger partial charge in [0, 0.05) is 21.6 Å². The molecule has 0 bridgehead atoms. The van der Waals surface area contributed by atoms with Crippen LogP contribution in [0.2, 0.25) is 0 Å². The van der Waals surface area contributed by atoms with Crippen LogP contribution in [0.25, 0.3) is 10.9 Å². The standard InChI is InChI=1S/C34H35BrN4O4/c1-4-8-25-17-23(18-30(42-3)32(25)43-21-31(40)37-27-14-11-22(2)12-15-27)20-36-39-33(24-9-6-5-7-10-24)38-29-16-13-26(35)19-28(29)34(39)41/h4,11-20,24H,1,5-10,21H2,2-3H3,(H,37,40). The van der Waals surface area contributed by atoms with Crippen molar-refractivity contribution in [2.24, 2.45) is 5.10 Å². The number of methoxy groups -OCH3 is 1. The molecule has 1 aliphatic rings. The van der Waals surface area contributed by atoms with E-state index in [-0.39, 0.29) is 24.0 Å². The Balaban J connectivity index is 1.46. The third kappa shape index (κ3) is 7.22. The molecule has 0 unspecified atom stereocenters. The molecule has 9 heteroatoms. The highest BCUT2D eigenvalue weighted by atomic mass is 79.9. The van der Waals surface area contributed by atoms with Crippen molar-refractivity contribution >= 4 is 44.6 Å². The number of amides is 1. The Morgan fingerprint density at radius 2 is 1.91 bits per heavy atom. The summed E-state index contributed by atoms with van der Waals surface area (Å²) in [5, 5.41) is 8.03. The summed E-state index contributed by atoms with van der Waals surface area (Å²) in [6.07, 6.45) is 9.23. The zero-order chi connectivity index (χ0) is 30.3. The van der Waals surface area contributed by atoms with Crippen molar-refractivity contribution in [2.45, 2.75) is 51.4 Å². The molecule has 1 fully saturated rings. The number of hydrogen-bond donors (Lipinski definition) is 1. The zero-order valence-corrected chi connectivity index (χ0v) is 26.0. The van der Waals surface area contributed by atoms with Crippen LogP contribution in [0.15, 0.2) is 81.6 Å². The molecule has 0 spiro atoms. The molecule has 1 heterocycles. The lowest BCUT2D eigenvalue weighted by atomic mass is 9.88. The van der Waals surface area contributed by atoms with Gasteiger partial charge in [0.1, 0.15) is 5.82 Å². The number of aryl methyl sites for hydroxylation is 1. The van der Waals surface area contributed by atoms with E-state index in [1.807, 2.05) is 49.4 Å². The third-order valence-electron chi connectivity index (χ3n) is 7.55.